The minimum absolute atomic E-state index is 0.310. The smallest absolute Gasteiger partial charge is 0.122 e. The fourth-order valence-electron chi connectivity index (χ4n) is 3.56. The van der Waals surface area contributed by atoms with Crippen molar-refractivity contribution >= 4 is 0 Å². The predicted octanol–water partition coefficient (Wildman–Crippen LogP) is 2.02. The maximum absolute atomic E-state index is 6.03. The number of rotatable bonds is 7. The van der Waals surface area contributed by atoms with E-state index in [0.29, 0.717) is 6.04 Å². The van der Waals surface area contributed by atoms with Gasteiger partial charge in [-0.3, -0.25) is 15.2 Å². The molecule has 1 aromatic carbocycles. The van der Waals surface area contributed by atoms with Crippen LogP contribution in [0.3, 0.4) is 0 Å². The Bertz CT molecular complexity index is 661. The van der Waals surface area contributed by atoms with Gasteiger partial charge in [0, 0.05) is 39.3 Å². The molecule has 0 aliphatic carbocycles. The first-order valence-corrected chi connectivity index (χ1v) is 9.56. The Morgan fingerprint density at radius 1 is 1.00 bits per heavy atom. The van der Waals surface area contributed by atoms with Crippen molar-refractivity contribution in [2.24, 2.45) is 0 Å². The lowest BCUT2D eigenvalue weighted by atomic mass is 10.2. The summed E-state index contributed by atoms with van der Waals surface area (Å²) in [5, 5.41) is 0. The molecule has 6 heteroatoms. The maximum atomic E-state index is 6.03. The Kier molecular flexibility index (Phi) is 5.86. The quantitative estimate of drug-likeness (QED) is 0.792. The second-order valence-corrected chi connectivity index (χ2v) is 7.00. The molecule has 2 fully saturated rings. The normalized spacial score (nSPS) is 21.9. The van der Waals surface area contributed by atoms with E-state index in [1.165, 1.54) is 0 Å². The standard InChI is InChI=1S/C20H28N4O2/c1-2-4-17(5-3-1)25-15-14-23-10-12-24(13-11-23)16-18-6-7-20(26-18)19-8-9-21-22-19/h1-7,19,21-22H,8-16H2. The highest BCUT2D eigenvalue weighted by atomic mass is 16.5. The van der Waals surface area contributed by atoms with Crippen molar-refractivity contribution in [3.05, 3.63) is 54.0 Å². The lowest BCUT2D eigenvalue weighted by molar-refractivity contribution is 0.107. The van der Waals surface area contributed by atoms with Gasteiger partial charge in [-0.15, -0.1) is 0 Å². The fourth-order valence-corrected chi connectivity index (χ4v) is 3.56. The minimum Gasteiger partial charge on any atom is -0.492 e. The van der Waals surface area contributed by atoms with Crippen molar-refractivity contribution < 1.29 is 9.15 Å². The second-order valence-electron chi connectivity index (χ2n) is 7.00. The number of ether oxygens (including phenoxy) is 1. The van der Waals surface area contributed by atoms with Crippen LogP contribution >= 0.6 is 0 Å². The van der Waals surface area contributed by atoms with Gasteiger partial charge in [-0.05, 0) is 30.7 Å². The molecular weight excluding hydrogens is 328 g/mol. The number of hydrogen-bond donors (Lipinski definition) is 2. The van der Waals surface area contributed by atoms with E-state index < -0.39 is 0 Å². The second kappa shape index (κ2) is 8.68. The first-order valence-electron chi connectivity index (χ1n) is 9.56. The van der Waals surface area contributed by atoms with Crippen molar-refractivity contribution in [1.82, 2.24) is 20.7 Å². The van der Waals surface area contributed by atoms with Gasteiger partial charge in [0.25, 0.3) is 0 Å². The molecule has 2 aliphatic heterocycles. The molecule has 0 radical (unpaired) electrons. The summed E-state index contributed by atoms with van der Waals surface area (Å²) in [6.45, 7) is 7.93. The molecule has 1 atom stereocenters. The van der Waals surface area contributed by atoms with Crippen molar-refractivity contribution in [3.63, 3.8) is 0 Å². The molecule has 6 nitrogen and oxygen atoms in total. The van der Waals surface area contributed by atoms with Crippen molar-refractivity contribution in [1.29, 1.82) is 0 Å². The van der Waals surface area contributed by atoms with Gasteiger partial charge in [-0.2, -0.15) is 0 Å². The van der Waals surface area contributed by atoms with Gasteiger partial charge in [0.2, 0.25) is 0 Å². The Balaban J connectivity index is 1.17. The van der Waals surface area contributed by atoms with Gasteiger partial charge in [0.15, 0.2) is 0 Å². The molecule has 0 amide bonds. The molecule has 1 aromatic heterocycles. The molecule has 0 spiro atoms. The Morgan fingerprint density at radius 3 is 2.58 bits per heavy atom. The lowest BCUT2D eigenvalue weighted by Crippen LogP contribution is -2.46. The van der Waals surface area contributed by atoms with E-state index in [1.807, 2.05) is 30.3 Å². The topological polar surface area (TPSA) is 52.9 Å². The van der Waals surface area contributed by atoms with Crippen molar-refractivity contribution in [2.75, 3.05) is 45.9 Å². The highest BCUT2D eigenvalue weighted by Crippen LogP contribution is 2.22. The van der Waals surface area contributed by atoms with Gasteiger partial charge in [0.05, 0.1) is 12.6 Å². The summed E-state index contributed by atoms with van der Waals surface area (Å²) in [5.41, 5.74) is 6.41. The average molecular weight is 356 g/mol. The SMILES string of the molecule is c1ccc(OCCN2CCN(Cc3ccc(C4CCNN4)o3)CC2)cc1. The zero-order valence-corrected chi connectivity index (χ0v) is 15.2. The van der Waals surface area contributed by atoms with E-state index in [0.717, 1.165) is 76.1 Å². The number of nitrogens with one attached hydrogen (secondary N) is 2. The fraction of sp³-hybridized carbons (Fsp3) is 0.500. The van der Waals surface area contributed by atoms with Gasteiger partial charge in [-0.1, -0.05) is 18.2 Å². The third-order valence-electron chi connectivity index (χ3n) is 5.12. The molecule has 2 saturated heterocycles. The third kappa shape index (κ3) is 4.65. The van der Waals surface area contributed by atoms with E-state index in [9.17, 15) is 0 Å². The third-order valence-corrected chi connectivity index (χ3v) is 5.12. The van der Waals surface area contributed by atoms with Crippen LogP contribution in [0.4, 0.5) is 0 Å². The van der Waals surface area contributed by atoms with Crippen LogP contribution in [0.5, 0.6) is 5.75 Å². The van der Waals surface area contributed by atoms with Crippen LogP contribution in [0.15, 0.2) is 46.9 Å². The summed E-state index contributed by atoms with van der Waals surface area (Å²) in [7, 11) is 0. The summed E-state index contributed by atoms with van der Waals surface area (Å²) in [4.78, 5) is 4.94. The van der Waals surface area contributed by atoms with Gasteiger partial charge in [0.1, 0.15) is 23.9 Å². The molecule has 140 valence electrons. The minimum atomic E-state index is 0.310. The molecule has 3 heterocycles. The summed E-state index contributed by atoms with van der Waals surface area (Å²) in [6, 6.07) is 14.6. The molecule has 2 N–H and O–H groups in total. The number of nitrogens with zero attached hydrogens (tertiary/aromatic N) is 2. The molecule has 2 aromatic rings. The van der Waals surface area contributed by atoms with Gasteiger partial charge in [-0.25, -0.2) is 5.43 Å². The van der Waals surface area contributed by atoms with Crippen molar-refractivity contribution in [3.8, 4) is 5.75 Å². The average Bonchev–Trinajstić information content (AvgIpc) is 3.36. The highest BCUT2D eigenvalue weighted by molar-refractivity contribution is 5.20. The van der Waals surface area contributed by atoms with Gasteiger partial charge < -0.3 is 9.15 Å². The largest absolute Gasteiger partial charge is 0.492 e. The molecule has 26 heavy (non-hydrogen) atoms. The number of furan rings is 1. The zero-order valence-electron chi connectivity index (χ0n) is 15.2. The van der Waals surface area contributed by atoms with Crippen LogP contribution in [0.25, 0.3) is 0 Å². The summed E-state index contributed by atoms with van der Waals surface area (Å²) in [5.74, 6) is 3.06. The zero-order chi connectivity index (χ0) is 17.6. The number of para-hydroxylation sites is 1. The van der Waals surface area contributed by atoms with E-state index in [2.05, 4.69) is 32.8 Å². The first kappa shape index (κ1) is 17.5. The Labute approximate surface area is 155 Å². The van der Waals surface area contributed by atoms with Crippen LogP contribution in [0.1, 0.15) is 24.0 Å². The first-order chi connectivity index (χ1) is 12.9. The van der Waals surface area contributed by atoms with Crippen LogP contribution in [-0.4, -0.2) is 55.7 Å². The van der Waals surface area contributed by atoms with E-state index in [-0.39, 0.29) is 0 Å². The van der Waals surface area contributed by atoms with E-state index in [4.69, 9.17) is 9.15 Å². The summed E-state index contributed by atoms with van der Waals surface area (Å²) >= 11 is 0. The molecule has 0 saturated carbocycles. The Hall–Kier alpha value is -1.86. The monoisotopic (exact) mass is 356 g/mol. The molecule has 4 rings (SSSR count). The molecule has 1 unspecified atom stereocenters. The highest BCUT2D eigenvalue weighted by Gasteiger charge is 2.21. The van der Waals surface area contributed by atoms with Crippen LogP contribution < -0.4 is 15.6 Å². The van der Waals surface area contributed by atoms with E-state index >= 15 is 0 Å². The Morgan fingerprint density at radius 2 is 1.81 bits per heavy atom. The van der Waals surface area contributed by atoms with Crippen LogP contribution in [-0.2, 0) is 6.54 Å². The predicted molar refractivity (Wildman–Crippen MR) is 101 cm³/mol. The van der Waals surface area contributed by atoms with Crippen LogP contribution in [0.2, 0.25) is 0 Å². The van der Waals surface area contributed by atoms with E-state index in [1.54, 1.807) is 0 Å². The number of piperazine rings is 1. The molecular formula is C20H28N4O2. The maximum Gasteiger partial charge on any atom is 0.122 e. The molecule has 0 bridgehead atoms. The summed E-state index contributed by atoms with van der Waals surface area (Å²) in [6.07, 6.45) is 1.08. The molecule has 2 aliphatic rings. The number of benzene rings is 1. The van der Waals surface area contributed by atoms with Crippen LogP contribution in [0, 0.1) is 0 Å². The number of hydrazine groups is 1. The van der Waals surface area contributed by atoms with Gasteiger partial charge >= 0.3 is 0 Å². The van der Waals surface area contributed by atoms with Crippen molar-refractivity contribution in [2.45, 2.75) is 19.0 Å². The lowest BCUT2D eigenvalue weighted by Gasteiger charge is -2.34. The summed E-state index contributed by atoms with van der Waals surface area (Å²) < 4.78 is 11.8. The number of hydrogen-bond acceptors (Lipinski definition) is 6.